The summed E-state index contributed by atoms with van der Waals surface area (Å²) < 4.78 is 5.23. The normalized spacial score (nSPS) is 15.3. The number of benzene rings is 2. The van der Waals surface area contributed by atoms with Crippen molar-refractivity contribution < 1.29 is 4.74 Å². The van der Waals surface area contributed by atoms with Gasteiger partial charge in [-0.05, 0) is 29.8 Å². The number of hydrazone groups is 1. The van der Waals surface area contributed by atoms with E-state index in [2.05, 4.69) is 45.3 Å². The van der Waals surface area contributed by atoms with Gasteiger partial charge in [0.2, 0.25) is 0 Å². The Hall–Kier alpha value is -2.49. The lowest BCUT2D eigenvalue weighted by atomic mass is 10.2. The molecule has 114 valence electrons. The SMILES string of the molecule is COc1cccc(/C=N/N2CCN(c3ccccc3)CC2)c1. The van der Waals surface area contributed by atoms with Crippen LogP contribution >= 0.6 is 0 Å². The standard InChI is InChI=1S/C18H21N3O/c1-22-18-9-5-6-16(14-18)15-19-21-12-10-20(11-13-21)17-7-3-2-4-8-17/h2-9,14-15H,10-13H2,1H3/b19-15+. The molecule has 0 bridgehead atoms. The highest BCUT2D eigenvalue weighted by molar-refractivity contribution is 5.80. The van der Waals surface area contributed by atoms with Gasteiger partial charge in [-0.15, -0.1) is 0 Å². The molecular formula is C18H21N3O. The second-order valence-electron chi connectivity index (χ2n) is 5.30. The van der Waals surface area contributed by atoms with Crippen molar-refractivity contribution in [3.8, 4) is 5.75 Å². The maximum atomic E-state index is 5.23. The summed E-state index contributed by atoms with van der Waals surface area (Å²) in [5.41, 5.74) is 2.35. The fraction of sp³-hybridized carbons (Fsp3) is 0.278. The van der Waals surface area contributed by atoms with Crippen molar-refractivity contribution in [1.29, 1.82) is 0 Å². The van der Waals surface area contributed by atoms with Gasteiger partial charge < -0.3 is 9.64 Å². The Morgan fingerprint density at radius 1 is 0.955 bits per heavy atom. The van der Waals surface area contributed by atoms with Crippen LogP contribution in [0.2, 0.25) is 0 Å². The van der Waals surface area contributed by atoms with E-state index in [1.165, 1.54) is 5.69 Å². The number of piperazine rings is 1. The van der Waals surface area contributed by atoms with Gasteiger partial charge in [0.1, 0.15) is 5.75 Å². The van der Waals surface area contributed by atoms with E-state index >= 15 is 0 Å². The van der Waals surface area contributed by atoms with Crippen LogP contribution in [0.4, 0.5) is 5.69 Å². The average molecular weight is 295 g/mol. The second kappa shape index (κ2) is 6.98. The Morgan fingerprint density at radius 3 is 2.45 bits per heavy atom. The lowest BCUT2D eigenvalue weighted by molar-refractivity contribution is 0.272. The molecule has 1 heterocycles. The minimum absolute atomic E-state index is 0.859. The summed E-state index contributed by atoms with van der Waals surface area (Å²) in [6.07, 6.45) is 1.90. The largest absolute Gasteiger partial charge is 0.497 e. The van der Waals surface area contributed by atoms with Gasteiger partial charge in [-0.25, -0.2) is 0 Å². The molecule has 1 aliphatic heterocycles. The van der Waals surface area contributed by atoms with Gasteiger partial charge in [0.25, 0.3) is 0 Å². The van der Waals surface area contributed by atoms with Crippen molar-refractivity contribution >= 4 is 11.9 Å². The number of nitrogens with zero attached hydrogens (tertiary/aromatic N) is 3. The Labute approximate surface area is 131 Å². The van der Waals surface area contributed by atoms with Gasteiger partial charge in [-0.3, -0.25) is 5.01 Å². The first-order valence-corrected chi connectivity index (χ1v) is 7.58. The van der Waals surface area contributed by atoms with Crippen molar-refractivity contribution in [1.82, 2.24) is 5.01 Å². The number of hydrogen-bond acceptors (Lipinski definition) is 4. The van der Waals surface area contributed by atoms with Crippen LogP contribution < -0.4 is 9.64 Å². The van der Waals surface area contributed by atoms with E-state index in [9.17, 15) is 0 Å². The van der Waals surface area contributed by atoms with Crippen LogP contribution in [0.15, 0.2) is 59.7 Å². The molecule has 0 spiro atoms. The summed E-state index contributed by atoms with van der Waals surface area (Å²) in [5.74, 6) is 0.859. The molecule has 2 aromatic rings. The summed E-state index contributed by atoms with van der Waals surface area (Å²) >= 11 is 0. The third kappa shape index (κ3) is 3.58. The molecule has 0 aromatic heterocycles. The van der Waals surface area contributed by atoms with E-state index in [-0.39, 0.29) is 0 Å². The molecule has 3 rings (SSSR count). The Bertz CT molecular complexity index is 619. The summed E-state index contributed by atoms with van der Waals surface area (Å²) in [4.78, 5) is 2.40. The van der Waals surface area contributed by atoms with Gasteiger partial charge in [0, 0.05) is 18.8 Å². The van der Waals surface area contributed by atoms with Gasteiger partial charge in [-0.1, -0.05) is 30.3 Å². The first-order chi connectivity index (χ1) is 10.8. The molecule has 0 aliphatic carbocycles. The average Bonchev–Trinajstić information content (AvgIpc) is 2.61. The highest BCUT2D eigenvalue weighted by atomic mass is 16.5. The Kier molecular flexibility index (Phi) is 4.59. The number of methoxy groups -OCH3 is 1. The van der Waals surface area contributed by atoms with E-state index in [1.54, 1.807) is 7.11 Å². The molecule has 0 atom stereocenters. The highest BCUT2D eigenvalue weighted by Crippen LogP contribution is 2.16. The van der Waals surface area contributed by atoms with Crippen molar-refractivity contribution in [2.24, 2.45) is 5.10 Å². The Balaban J connectivity index is 1.56. The summed E-state index contributed by atoms with van der Waals surface area (Å²) in [6, 6.07) is 18.5. The van der Waals surface area contributed by atoms with Crippen LogP contribution in [0.5, 0.6) is 5.75 Å². The number of ether oxygens (including phenoxy) is 1. The molecular weight excluding hydrogens is 274 g/mol. The number of rotatable bonds is 4. The molecule has 4 nitrogen and oxygen atoms in total. The fourth-order valence-electron chi connectivity index (χ4n) is 2.58. The first kappa shape index (κ1) is 14.4. The molecule has 22 heavy (non-hydrogen) atoms. The maximum absolute atomic E-state index is 5.23. The molecule has 1 fully saturated rings. The zero-order chi connectivity index (χ0) is 15.2. The molecule has 1 aliphatic rings. The van der Waals surface area contributed by atoms with Crippen LogP contribution in [0.3, 0.4) is 0 Å². The van der Waals surface area contributed by atoms with Crippen molar-refractivity contribution in [3.05, 3.63) is 60.2 Å². The van der Waals surface area contributed by atoms with Gasteiger partial charge in [-0.2, -0.15) is 5.10 Å². The predicted octanol–water partition coefficient (Wildman–Crippen LogP) is 2.85. The quantitative estimate of drug-likeness (QED) is 0.812. The zero-order valence-electron chi connectivity index (χ0n) is 12.9. The molecule has 0 N–H and O–H groups in total. The van der Waals surface area contributed by atoms with Crippen molar-refractivity contribution in [3.63, 3.8) is 0 Å². The number of hydrogen-bond donors (Lipinski definition) is 0. The van der Waals surface area contributed by atoms with E-state index in [0.29, 0.717) is 0 Å². The van der Waals surface area contributed by atoms with Crippen LogP contribution in [0, 0.1) is 0 Å². The molecule has 2 aromatic carbocycles. The van der Waals surface area contributed by atoms with Crippen molar-refractivity contribution in [2.45, 2.75) is 0 Å². The summed E-state index contributed by atoms with van der Waals surface area (Å²) in [6.45, 7) is 3.88. The monoisotopic (exact) mass is 295 g/mol. The van der Waals surface area contributed by atoms with Gasteiger partial charge >= 0.3 is 0 Å². The molecule has 4 heteroatoms. The van der Waals surface area contributed by atoms with Crippen LogP contribution in [-0.2, 0) is 0 Å². The van der Waals surface area contributed by atoms with E-state index in [1.807, 2.05) is 30.5 Å². The molecule has 0 saturated carbocycles. The maximum Gasteiger partial charge on any atom is 0.119 e. The minimum atomic E-state index is 0.859. The van der Waals surface area contributed by atoms with E-state index < -0.39 is 0 Å². The second-order valence-corrected chi connectivity index (χ2v) is 5.30. The smallest absolute Gasteiger partial charge is 0.119 e. The fourth-order valence-corrected chi connectivity index (χ4v) is 2.58. The lowest BCUT2D eigenvalue weighted by Crippen LogP contribution is -2.44. The third-order valence-corrected chi connectivity index (χ3v) is 3.84. The summed E-state index contributed by atoms with van der Waals surface area (Å²) in [7, 11) is 1.68. The number of para-hydroxylation sites is 1. The molecule has 0 unspecified atom stereocenters. The molecule has 0 radical (unpaired) electrons. The topological polar surface area (TPSA) is 28.1 Å². The zero-order valence-corrected chi connectivity index (χ0v) is 12.9. The van der Waals surface area contributed by atoms with Gasteiger partial charge in [0.15, 0.2) is 0 Å². The van der Waals surface area contributed by atoms with Crippen LogP contribution in [-0.4, -0.2) is 44.5 Å². The van der Waals surface area contributed by atoms with E-state index in [4.69, 9.17) is 4.74 Å². The minimum Gasteiger partial charge on any atom is -0.497 e. The van der Waals surface area contributed by atoms with E-state index in [0.717, 1.165) is 37.5 Å². The summed E-state index contributed by atoms with van der Waals surface area (Å²) in [5, 5.41) is 6.71. The highest BCUT2D eigenvalue weighted by Gasteiger charge is 2.15. The molecule has 1 saturated heterocycles. The predicted molar refractivity (Wildman–Crippen MR) is 90.8 cm³/mol. The lowest BCUT2D eigenvalue weighted by Gasteiger charge is -2.34. The first-order valence-electron chi connectivity index (χ1n) is 7.58. The number of anilines is 1. The van der Waals surface area contributed by atoms with Gasteiger partial charge in [0.05, 0.1) is 26.4 Å². The van der Waals surface area contributed by atoms with Crippen LogP contribution in [0.25, 0.3) is 0 Å². The van der Waals surface area contributed by atoms with Crippen molar-refractivity contribution in [2.75, 3.05) is 38.2 Å². The third-order valence-electron chi connectivity index (χ3n) is 3.84. The molecule has 0 amide bonds. The Morgan fingerprint density at radius 2 is 1.73 bits per heavy atom. The van der Waals surface area contributed by atoms with Crippen LogP contribution in [0.1, 0.15) is 5.56 Å².